The van der Waals surface area contributed by atoms with Gasteiger partial charge in [0.05, 0.1) is 5.52 Å². The Balaban J connectivity index is 2.08. The minimum atomic E-state index is 0.849. The maximum atomic E-state index is 5.93. The molecule has 0 saturated carbocycles. The first-order valence-corrected chi connectivity index (χ1v) is 6.13. The molecule has 0 unspecified atom stereocenters. The summed E-state index contributed by atoms with van der Waals surface area (Å²) in [6.07, 6.45) is 2.10. The zero-order valence-electron chi connectivity index (χ0n) is 8.76. The van der Waals surface area contributed by atoms with Crippen molar-refractivity contribution in [2.75, 3.05) is 5.73 Å². The van der Waals surface area contributed by atoms with Gasteiger partial charge in [-0.15, -0.1) is 0 Å². The summed E-state index contributed by atoms with van der Waals surface area (Å²) < 4.78 is 2.23. The van der Waals surface area contributed by atoms with Gasteiger partial charge in [-0.25, -0.2) is 0 Å². The number of nitrogens with zero attached hydrogens (tertiary/aromatic N) is 1. The third-order valence-corrected chi connectivity index (χ3v) is 3.51. The van der Waals surface area contributed by atoms with Crippen molar-refractivity contribution < 1.29 is 0 Å². The monoisotopic (exact) mass is 228 g/mol. The average Bonchev–Trinajstić information content (AvgIpc) is 2.90. The molecule has 0 saturated heterocycles. The van der Waals surface area contributed by atoms with Gasteiger partial charge in [0.2, 0.25) is 0 Å². The first-order chi connectivity index (χ1) is 7.84. The Morgan fingerprint density at radius 2 is 2.12 bits per heavy atom. The molecule has 0 aliphatic heterocycles. The molecule has 0 fully saturated rings. The molecule has 0 aliphatic carbocycles. The van der Waals surface area contributed by atoms with Crippen molar-refractivity contribution in [3.05, 3.63) is 52.9 Å². The van der Waals surface area contributed by atoms with Crippen LogP contribution in [0, 0.1) is 0 Å². The fourth-order valence-electron chi connectivity index (χ4n) is 1.96. The van der Waals surface area contributed by atoms with Crippen LogP contribution in [0.2, 0.25) is 0 Å². The Hall–Kier alpha value is -1.74. The lowest BCUT2D eigenvalue weighted by Crippen LogP contribution is -1.96. The topological polar surface area (TPSA) is 30.9 Å². The second kappa shape index (κ2) is 3.68. The normalized spacial score (nSPS) is 11.0. The van der Waals surface area contributed by atoms with Crippen molar-refractivity contribution in [3.8, 4) is 0 Å². The van der Waals surface area contributed by atoms with E-state index >= 15 is 0 Å². The van der Waals surface area contributed by atoms with Crippen LogP contribution in [-0.4, -0.2) is 4.57 Å². The molecule has 0 bridgehead atoms. The zero-order valence-corrected chi connectivity index (χ0v) is 9.58. The molecule has 0 aliphatic rings. The fourth-order valence-corrected chi connectivity index (χ4v) is 2.62. The van der Waals surface area contributed by atoms with Crippen molar-refractivity contribution in [2.45, 2.75) is 6.54 Å². The number of hydrogen-bond donors (Lipinski definition) is 1. The van der Waals surface area contributed by atoms with Crippen LogP contribution in [0.1, 0.15) is 5.56 Å². The van der Waals surface area contributed by atoms with E-state index < -0.39 is 0 Å². The number of benzene rings is 1. The molecule has 0 amide bonds. The maximum Gasteiger partial charge on any atom is 0.0504 e. The van der Waals surface area contributed by atoms with Gasteiger partial charge in [0.25, 0.3) is 0 Å². The van der Waals surface area contributed by atoms with Crippen molar-refractivity contribution in [2.24, 2.45) is 0 Å². The summed E-state index contributed by atoms with van der Waals surface area (Å²) in [7, 11) is 0. The van der Waals surface area contributed by atoms with E-state index in [1.807, 2.05) is 12.1 Å². The highest BCUT2D eigenvalue weighted by molar-refractivity contribution is 7.07. The van der Waals surface area contributed by atoms with Crippen LogP contribution in [0.25, 0.3) is 10.9 Å². The predicted molar refractivity (Wildman–Crippen MR) is 69.8 cm³/mol. The quantitative estimate of drug-likeness (QED) is 0.670. The van der Waals surface area contributed by atoms with Crippen LogP contribution >= 0.6 is 11.3 Å². The van der Waals surface area contributed by atoms with Crippen molar-refractivity contribution in [1.29, 1.82) is 0 Å². The number of aromatic nitrogens is 1. The molecule has 3 heteroatoms. The summed E-state index contributed by atoms with van der Waals surface area (Å²) in [4.78, 5) is 0. The van der Waals surface area contributed by atoms with Gasteiger partial charge in [-0.1, -0.05) is 6.07 Å². The zero-order chi connectivity index (χ0) is 11.0. The summed E-state index contributed by atoms with van der Waals surface area (Å²) in [6, 6.07) is 10.3. The molecule has 2 nitrogen and oxygen atoms in total. The van der Waals surface area contributed by atoms with Crippen LogP contribution in [0.5, 0.6) is 0 Å². The number of anilines is 1. The lowest BCUT2D eigenvalue weighted by Gasteiger charge is -2.04. The standard InChI is InChI=1S/C13H12N2S/c14-12-2-1-3-13-11(12)4-6-15(13)8-10-5-7-16-9-10/h1-7,9H,8,14H2. The van der Waals surface area contributed by atoms with Crippen LogP contribution in [0.3, 0.4) is 0 Å². The van der Waals surface area contributed by atoms with Gasteiger partial charge in [0, 0.05) is 23.8 Å². The molecule has 2 N–H and O–H groups in total. The molecular formula is C13H12N2S. The van der Waals surface area contributed by atoms with E-state index in [1.54, 1.807) is 11.3 Å². The van der Waals surface area contributed by atoms with Gasteiger partial charge in [-0.3, -0.25) is 0 Å². The molecule has 3 rings (SSSR count). The van der Waals surface area contributed by atoms with Gasteiger partial charge in [0.15, 0.2) is 0 Å². The Morgan fingerprint density at radius 3 is 2.94 bits per heavy atom. The smallest absolute Gasteiger partial charge is 0.0504 e. The molecular weight excluding hydrogens is 216 g/mol. The van der Waals surface area contributed by atoms with Crippen LogP contribution in [-0.2, 0) is 6.54 Å². The first-order valence-electron chi connectivity index (χ1n) is 5.19. The van der Waals surface area contributed by atoms with Crippen LogP contribution in [0.15, 0.2) is 47.3 Å². The summed E-state index contributed by atoms with van der Waals surface area (Å²) in [5.41, 5.74) is 9.32. The molecule has 80 valence electrons. The van der Waals surface area contributed by atoms with Gasteiger partial charge in [0.1, 0.15) is 0 Å². The number of hydrogen-bond acceptors (Lipinski definition) is 2. The second-order valence-electron chi connectivity index (χ2n) is 3.86. The maximum absolute atomic E-state index is 5.93. The number of fused-ring (bicyclic) bond motifs is 1. The number of thiophene rings is 1. The van der Waals surface area contributed by atoms with E-state index in [9.17, 15) is 0 Å². The number of nitrogens with two attached hydrogens (primary N) is 1. The van der Waals surface area contributed by atoms with Crippen molar-refractivity contribution >= 4 is 27.9 Å². The van der Waals surface area contributed by atoms with E-state index in [4.69, 9.17) is 5.73 Å². The third-order valence-electron chi connectivity index (χ3n) is 2.78. The van der Waals surface area contributed by atoms with Crippen LogP contribution in [0.4, 0.5) is 5.69 Å². The average molecular weight is 228 g/mol. The minimum absolute atomic E-state index is 0.849. The first kappa shape index (κ1) is 9.48. The number of rotatable bonds is 2. The van der Waals surface area contributed by atoms with E-state index in [0.717, 1.165) is 17.6 Å². The van der Waals surface area contributed by atoms with E-state index in [-0.39, 0.29) is 0 Å². The highest BCUT2D eigenvalue weighted by Crippen LogP contribution is 2.23. The summed E-state index contributed by atoms with van der Waals surface area (Å²) in [5.74, 6) is 0. The predicted octanol–water partition coefficient (Wildman–Crippen LogP) is 3.33. The highest BCUT2D eigenvalue weighted by Gasteiger charge is 2.03. The second-order valence-corrected chi connectivity index (χ2v) is 4.64. The van der Waals surface area contributed by atoms with Crippen molar-refractivity contribution in [3.63, 3.8) is 0 Å². The van der Waals surface area contributed by atoms with Gasteiger partial charge >= 0.3 is 0 Å². The molecule has 2 heterocycles. The van der Waals surface area contributed by atoms with Crippen LogP contribution < -0.4 is 5.73 Å². The third kappa shape index (κ3) is 1.49. The minimum Gasteiger partial charge on any atom is -0.398 e. The highest BCUT2D eigenvalue weighted by atomic mass is 32.1. The lowest BCUT2D eigenvalue weighted by molar-refractivity contribution is 0.840. The van der Waals surface area contributed by atoms with E-state index in [0.29, 0.717) is 0 Å². The van der Waals surface area contributed by atoms with Crippen molar-refractivity contribution in [1.82, 2.24) is 4.57 Å². The van der Waals surface area contributed by atoms with Gasteiger partial charge in [-0.05, 0) is 40.6 Å². The molecule has 3 aromatic rings. The number of nitrogen functional groups attached to an aromatic ring is 1. The molecule has 0 atom stereocenters. The largest absolute Gasteiger partial charge is 0.398 e. The van der Waals surface area contributed by atoms with E-state index in [2.05, 4.69) is 39.7 Å². The summed E-state index contributed by atoms with van der Waals surface area (Å²) >= 11 is 1.73. The molecule has 16 heavy (non-hydrogen) atoms. The van der Waals surface area contributed by atoms with Gasteiger partial charge in [-0.2, -0.15) is 11.3 Å². The summed E-state index contributed by atoms with van der Waals surface area (Å²) in [5, 5.41) is 5.42. The SMILES string of the molecule is Nc1cccc2c1ccn2Cc1ccsc1. The molecule has 0 radical (unpaired) electrons. The molecule has 1 aromatic carbocycles. The Labute approximate surface area is 97.9 Å². The molecule has 0 spiro atoms. The fraction of sp³-hybridized carbons (Fsp3) is 0.0769. The lowest BCUT2D eigenvalue weighted by atomic mass is 10.2. The summed E-state index contributed by atoms with van der Waals surface area (Å²) in [6.45, 7) is 0.913. The Kier molecular flexibility index (Phi) is 2.18. The Morgan fingerprint density at radius 1 is 1.19 bits per heavy atom. The Bertz CT molecular complexity index is 608. The van der Waals surface area contributed by atoms with E-state index in [1.165, 1.54) is 11.1 Å². The van der Waals surface area contributed by atoms with Gasteiger partial charge < -0.3 is 10.3 Å². The molecule has 2 aromatic heterocycles.